The van der Waals surface area contributed by atoms with E-state index >= 15 is 0 Å². The molecule has 6 nitrogen and oxygen atoms in total. The number of ether oxygens (including phenoxy) is 1. The highest BCUT2D eigenvalue weighted by Gasteiger charge is 2.34. The van der Waals surface area contributed by atoms with Gasteiger partial charge in [-0.3, -0.25) is 9.48 Å². The Hall–Kier alpha value is -1.66. The van der Waals surface area contributed by atoms with Gasteiger partial charge in [0.25, 0.3) is 0 Å². The first kappa shape index (κ1) is 25.0. The molecule has 0 N–H and O–H groups in total. The number of hydrogen-bond donors (Lipinski definition) is 0. The van der Waals surface area contributed by atoms with Crippen LogP contribution in [-0.4, -0.2) is 71.4 Å². The molecule has 2 atom stereocenters. The summed E-state index contributed by atoms with van der Waals surface area (Å²) in [5.74, 6) is 0.887. The van der Waals surface area contributed by atoms with Gasteiger partial charge in [-0.25, -0.2) is 0 Å². The first-order valence-electron chi connectivity index (χ1n) is 12.6. The third-order valence-electron chi connectivity index (χ3n) is 7.35. The zero-order valence-corrected chi connectivity index (χ0v) is 20.9. The molecule has 2 aliphatic heterocycles. The van der Waals surface area contributed by atoms with Gasteiger partial charge in [0.05, 0.1) is 12.2 Å². The van der Waals surface area contributed by atoms with Crippen LogP contribution in [0.5, 0.6) is 0 Å². The second kappa shape index (κ2) is 12.0. The standard InChI is InChI=1S/C26H44N4O2/c1-20(2)18-30-22(4)24(21(3)27-30)12-13-26(31)29(16-9-17-32-5)19-23-10-8-15-28-14-7-6-11-25(23)28/h23,25H,1,6-19H2,2-5H3/t23-,25+/m0/s1. The van der Waals surface area contributed by atoms with Crippen molar-refractivity contribution in [3.63, 3.8) is 0 Å². The van der Waals surface area contributed by atoms with Crippen LogP contribution in [0, 0.1) is 19.8 Å². The number of methoxy groups -OCH3 is 1. The van der Waals surface area contributed by atoms with Crippen molar-refractivity contribution in [1.82, 2.24) is 19.6 Å². The molecule has 0 bridgehead atoms. The van der Waals surface area contributed by atoms with Crippen LogP contribution >= 0.6 is 0 Å². The van der Waals surface area contributed by atoms with Crippen molar-refractivity contribution in [3.05, 3.63) is 29.1 Å². The predicted octanol–water partition coefficient (Wildman–Crippen LogP) is 4.14. The van der Waals surface area contributed by atoms with Crippen LogP contribution in [-0.2, 0) is 22.5 Å². The van der Waals surface area contributed by atoms with Gasteiger partial charge in [0, 0.05) is 45.0 Å². The van der Waals surface area contributed by atoms with E-state index in [0.29, 0.717) is 25.0 Å². The van der Waals surface area contributed by atoms with E-state index in [2.05, 4.69) is 35.3 Å². The second-order valence-corrected chi connectivity index (χ2v) is 9.95. The average molecular weight is 445 g/mol. The van der Waals surface area contributed by atoms with E-state index < -0.39 is 0 Å². The molecule has 3 heterocycles. The highest BCUT2D eigenvalue weighted by Crippen LogP contribution is 2.31. The van der Waals surface area contributed by atoms with Crippen molar-refractivity contribution in [2.24, 2.45) is 5.92 Å². The maximum Gasteiger partial charge on any atom is 0.222 e. The summed E-state index contributed by atoms with van der Waals surface area (Å²) in [5, 5.41) is 4.68. The Morgan fingerprint density at radius 3 is 2.75 bits per heavy atom. The van der Waals surface area contributed by atoms with Crippen molar-refractivity contribution in [3.8, 4) is 0 Å². The van der Waals surface area contributed by atoms with Gasteiger partial charge in [-0.2, -0.15) is 5.10 Å². The van der Waals surface area contributed by atoms with Crippen LogP contribution in [0.2, 0.25) is 0 Å². The van der Waals surface area contributed by atoms with Crippen molar-refractivity contribution in [2.75, 3.05) is 39.9 Å². The minimum absolute atomic E-state index is 0.278. The quantitative estimate of drug-likeness (QED) is 0.380. The summed E-state index contributed by atoms with van der Waals surface area (Å²) in [5.41, 5.74) is 4.50. The van der Waals surface area contributed by atoms with Crippen LogP contribution in [0.15, 0.2) is 12.2 Å². The lowest BCUT2D eigenvalue weighted by molar-refractivity contribution is -0.132. The molecule has 0 unspecified atom stereocenters. The third-order valence-corrected chi connectivity index (χ3v) is 7.35. The molecule has 1 aromatic rings. The fourth-order valence-corrected chi connectivity index (χ4v) is 5.69. The Morgan fingerprint density at radius 2 is 2.00 bits per heavy atom. The lowest BCUT2D eigenvalue weighted by atomic mass is 9.83. The number of carbonyl (C=O) groups is 1. The smallest absolute Gasteiger partial charge is 0.222 e. The average Bonchev–Trinajstić information content (AvgIpc) is 3.03. The minimum atomic E-state index is 0.278. The highest BCUT2D eigenvalue weighted by molar-refractivity contribution is 5.76. The SMILES string of the molecule is C=C(C)Cn1nc(C)c(CCC(=O)N(CCCOC)C[C@@H]2CCCN3CCCC[C@H]23)c1C. The molecule has 0 saturated carbocycles. The normalized spacial score (nSPS) is 21.4. The molecule has 2 fully saturated rings. The number of rotatable bonds is 11. The van der Waals surface area contributed by atoms with E-state index in [1.807, 2.05) is 11.6 Å². The largest absolute Gasteiger partial charge is 0.385 e. The molecule has 1 amide bonds. The fourth-order valence-electron chi connectivity index (χ4n) is 5.69. The summed E-state index contributed by atoms with van der Waals surface area (Å²) in [6.07, 6.45) is 8.69. The van der Waals surface area contributed by atoms with E-state index in [9.17, 15) is 4.79 Å². The molecule has 0 aliphatic carbocycles. The van der Waals surface area contributed by atoms with Crippen LogP contribution in [0.1, 0.15) is 68.8 Å². The Labute approximate surface area is 195 Å². The molecule has 0 radical (unpaired) electrons. The molecule has 180 valence electrons. The van der Waals surface area contributed by atoms with Gasteiger partial charge in [-0.05, 0) is 83.9 Å². The molecule has 2 saturated heterocycles. The number of hydrogen-bond acceptors (Lipinski definition) is 4. The van der Waals surface area contributed by atoms with E-state index in [0.717, 1.165) is 49.4 Å². The number of aryl methyl sites for hydroxylation is 1. The van der Waals surface area contributed by atoms with Crippen LogP contribution < -0.4 is 0 Å². The van der Waals surface area contributed by atoms with Crippen molar-refractivity contribution in [1.29, 1.82) is 0 Å². The van der Waals surface area contributed by atoms with Gasteiger partial charge in [-0.1, -0.05) is 18.6 Å². The highest BCUT2D eigenvalue weighted by atomic mass is 16.5. The molecular weight excluding hydrogens is 400 g/mol. The van der Waals surface area contributed by atoms with Crippen LogP contribution in [0.4, 0.5) is 0 Å². The number of carbonyl (C=O) groups excluding carboxylic acids is 1. The fraction of sp³-hybridized carbons (Fsp3) is 0.769. The Morgan fingerprint density at radius 1 is 1.22 bits per heavy atom. The van der Waals surface area contributed by atoms with Crippen molar-refractivity contribution >= 4 is 5.91 Å². The van der Waals surface area contributed by atoms with Gasteiger partial charge in [0.15, 0.2) is 0 Å². The maximum absolute atomic E-state index is 13.4. The van der Waals surface area contributed by atoms with Gasteiger partial charge in [-0.15, -0.1) is 0 Å². The van der Waals surface area contributed by atoms with Gasteiger partial charge < -0.3 is 14.5 Å². The molecule has 1 aromatic heterocycles. The zero-order valence-electron chi connectivity index (χ0n) is 20.9. The lowest BCUT2D eigenvalue weighted by Crippen LogP contribution is -2.51. The van der Waals surface area contributed by atoms with Crippen molar-refractivity contribution < 1.29 is 9.53 Å². The summed E-state index contributed by atoms with van der Waals surface area (Å²) in [6.45, 7) is 15.8. The molecular formula is C26H44N4O2. The molecule has 32 heavy (non-hydrogen) atoms. The monoisotopic (exact) mass is 444 g/mol. The number of amides is 1. The zero-order chi connectivity index (χ0) is 23.1. The molecule has 6 heteroatoms. The third kappa shape index (κ3) is 6.44. The Kier molecular flexibility index (Phi) is 9.35. The number of nitrogens with zero attached hydrogens (tertiary/aromatic N) is 4. The summed E-state index contributed by atoms with van der Waals surface area (Å²) in [4.78, 5) is 18.2. The summed E-state index contributed by atoms with van der Waals surface area (Å²) < 4.78 is 7.30. The van der Waals surface area contributed by atoms with Crippen LogP contribution in [0.3, 0.4) is 0 Å². The van der Waals surface area contributed by atoms with Crippen molar-refractivity contribution in [2.45, 2.75) is 84.7 Å². The van der Waals surface area contributed by atoms with Gasteiger partial charge >= 0.3 is 0 Å². The first-order valence-corrected chi connectivity index (χ1v) is 12.6. The number of piperidine rings is 2. The first-order chi connectivity index (χ1) is 15.4. The van der Waals surface area contributed by atoms with Crippen LogP contribution in [0.25, 0.3) is 0 Å². The topological polar surface area (TPSA) is 50.6 Å². The van der Waals surface area contributed by atoms with E-state index in [4.69, 9.17) is 4.74 Å². The maximum atomic E-state index is 13.4. The molecule has 0 aromatic carbocycles. The van der Waals surface area contributed by atoms with E-state index in [1.54, 1.807) is 7.11 Å². The number of aromatic nitrogens is 2. The summed E-state index contributed by atoms with van der Waals surface area (Å²) in [6, 6.07) is 0.667. The minimum Gasteiger partial charge on any atom is -0.385 e. The summed E-state index contributed by atoms with van der Waals surface area (Å²) >= 11 is 0. The second-order valence-electron chi connectivity index (χ2n) is 9.95. The Bertz CT molecular complexity index is 770. The number of allylic oxidation sites excluding steroid dienone is 1. The molecule has 2 aliphatic rings. The van der Waals surface area contributed by atoms with E-state index in [1.165, 1.54) is 50.8 Å². The molecule has 3 rings (SSSR count). The predicted molar refractivity (Wildman–Crippen MR) is 130 cm³/mol. The molecule has 0 spiro atoms. The number of fused-ring (bicyclic) bond motifs is 1. The Balaban J connectivity index is 1.64. The van der Waals surface area contributed by atoms with Gasteiger partial charge in [0.1, 0.15) is 0 Å². The lowest BCUT2D eigenvalue weighted by Gasteiger charge is -2.45. The van der Waals surface area contributed by atoms with E-state index in [-0.39, 0.29) is 5.91 Å². The summed E-state index contributed by atoms with van der Waals surface area (Å²) in [7, 11) is 1.74. The van der Waals surface area contributed by atoms with Gasteiger partial charge in [0.2, 0.25) is 5.91 Å².